The summed E-state index contributed by atoms with van der Waals surface area (Å²) in [5.74, 6) is -0.833. The van der Waals surface area contributed by atoms with E-state index in [9.17, 15) is 0 Å². The van der Waals surface area contributed by atoms with Crippen molar-refractivity contribution in [3.8, 4) is 0 Å². The van der Waals surface area contributed by atoms with E-state index in [1.54, 1.807) is 0 Å². The minimum Gasteiger partial charge on any atom is -0.481 e. The first-order valence-electron chi connectivity index (χ1n) is 7.82. The predicted molar refractivity (Wildman–Crippen MR) is 97.8 cm³/mol. The van der Waals surface area contributed by atoms with Crippen molar-refractivity contribution in [2.45, 2.75) is 23.5 Å². The van der Waals surface area contributed by atoms with E-state index in [-0.39, 0.29) is 0 Å². The van der Waals surface area contributed by atoms with Crippen LogP contribution in [0.3, 0.4) is 0 Å². The molecule has 174 valence electrons. The number of rotatable bonds is 9. The van der Waals surface area contributed by atoms with Crippen LogP contribution in [-0.2, 0) is 4.79 Å². The molecule has 0 rings (SSSR count). The molecule has 0 aromatic carbocycles. The topological polar surface area (TPSA) is 297 Å². The van der Waals surface area contributed by atoms with Crippen molar-refractivity contribution in [2.75, 3.05) is 59.5 Å². The van der Waals surface area contributed by atoms with E-state index >= 15 is 0 Å². The van der Waals surface area contributed by atoms with E-state index in [0.717, 1.165) is 6.92 Å². The molecule has 28 heavy (non-hydrogen) atoms. The van der Waals surface area contributed by atoms with Gasteiger partial charge >= 0.3 is 0 Å². The maximum Gasteiger partial charge on any atom is 0.300 e. The van der Waals surface area contributed by atoms with E-state index in [1.165, 1.54) is 0 Å². The second-order valence-corrected chi connectivity index (χ2v) is 6.03. The van der Waals surface area contributed by atoms with E-state index in [0.29, 0.717) is 0 Å². The number of aliphatic hydroxyl groups excluding tert-OH is 9. The first-order chi connectivity index (χ1) is 12.8. The Kier molecular flexibility index (Phi) is 23.8. The summed E-state index contributed by atoms with van der Waals surface area (Å²) < 4.78 is 0. The number of aliphatic carboxylic acids is 1. The maximum atomic E-state index is 9.00. The summed E-state index contributed by atoms with van der Waals surface area (Å²) in [6, 6.07) is 0. The molecule has 14 heteroatoms. The van der Waals surface area contributed by atoms with Crippen LogP contribution in [0.5, 0.6) is 0 Å². The van der Waals surface area contributed by atoms with Gasteiger partial charge in [-0.25, -0.2) is 0 Å². The highest BCUT2D eigenvalue weighted by molar-refractivity contribution is 5.62. The molecule has 0 saturated heterocycles. The highest BCUT2D eigenvalue weighted by Crippen LogP contribution is 1.94. The number of hydrogen-bond acceptors (Lipinski definition) is 13. The van der Waals surface area contributed by atoms with Crippen LogP contribution in [-0.4, -0.2) is 133 Å². The van der Waals surface area contributed by atoms with Crippen molar-refractivity contribution < 1.29 is 55.9 Å². The Balaban J connectivity index is -0.000000141. The van der Waals surface area contributed by atoms with Crippen molar-refractivity contribution in [3.05, 3.63) is 0 Å². The molecular weight excluding hydrogens is 386 g/mol. The van der Waals surface area contributed by atoms with Gasteiger partial charge in [0.25, 0.3) is 5.97 Å². The van der Waals surface area contributed by atoms with Gasteiger partial charge in [-0.1, -0.05) is 0 Å². The van der Waals surface area contributed by atoms with Gasteiger partial charge < -0.3 is 68.3 Å². The van der Waals surface area contributed by atoms with Crippen LogP contribution < -0.4 is 17.2 Å². The lowest BCUT2D eigenvalue weighted by atomic mass is 10.1. The van der Waals surface area contributed by atoms with Crippen LogP contribution >= 0.6 is 0 Å². The highest BCUT2D eigenvalue weighted by atomic mass is 16.4. The molecule has 0 heterocycles. The zero-order chi connectivity index (χ0) is 23.4. The molecule has 0 aliphatic rings. The number of carbonyl (C=O) groups is 1. The van der Waals surface area contributed by atoms with Crippen molar-refractivity contribution in [1.82, 2.24) is 0 Å². The van der Waals surface area contributed by atoms with Gasteiger partial charge in [-0.2, -0.15) is 0 Å². The molecule has 14 nitrogen and oxygen atoms in total. The van der Waals surface area contributed by atoms with Crippen LogP contribution in [0.1, 0.15) is 6.92 Å². The molecule has 0 atom stereocenters. The minimum absolute atomic E-state index is 0.403. The first kappa shape index (κ1) is 34.5. The van der Waals surface area contributed by atoms with E-state index < -0.39 is 82.0 Å². The molecule has 0 aliphatic heterocycles. The number of carboxylic acid groups (broad SMARTS) is 1. The largest absolute Gasteiger partial charge is 0.481 e. The number of nitrogens with two attached hydrogens (primary N) is 3. The van der Waals surface area contributed by atoms with Gasteiger partial charge in [-0.05, 0) is 0 Å². The lowest BCUT2D eigenvalue weighted by Crippen LogP contribution is -2.50. The second kappa shape index (κ2) is 19.3. The highest BCUT2D eigenvalue weighted by Gasteiger charge is 2.21. The molecule has 0 spiro atoms. The third-order valence-corrected chi connectivity index (χ3v) is 2.83. The van der Waals surface area contributed by atoms with Gasteiger partial charge in [0.1, 0.15) is 0 Å². The molecule has 0 saturated carbocycles. The Bertz CT molecular complexity index is 278. The van der Waals surface area contributed by atoms with Gasteiger partial charge in [0.15, 0.2) is 0 Å². The van der Waals surface area contributed by atoms with E-state index in [1.807, 2.05) is 0 Å². The van der Waals surface area contributed by atoms with E-state index in [4.69, 9.17) is 73.1 Å². The first-order valence-corrected chi connectivity index (χ1v) is 7.82. The molecule has 0 aromatic heterocycles. The smallest absolute Gasteiger partial charge is 0.300 e. The molecule has 0 aliphatic carbocycles. The minimum atomic E-state index is -1.21. The molecule has 0 bridgehead atoms. The van der Waals surface area contributed by atoms with Crippen LogP contribution in [0.25, 0.3) is 0 Å². The molecule has 0 aromatic rings. The van der Waals surface area contributed by atoms with Gasteiger partial charge in [0, 0.05) is 6.92 Å². The third-order valence-electron chi connectivity index (χ3n) is 2.83. The summed E-state index contributed by atoms with van der Waals surface area (Å²) >= 11 is 0. The van der Waals surface area contributed by atoms with Gasteiger partial charge in [0.2, 0.25) is 0 Å². The fraction of sp³-hybridized carbons (Fsp3) is 0.929. The average molecular weight is 423 g/mol. The fourth-order valence-electron chi connectivity index (χ4n) is 0.450. The molecule has 0 unspecified atom stereocenters. The molecule has 16 N–H and O–H groups in total. The predicted octanol–water partition coefficient (Wildman–Crippen LogP) is -6.93. The summed E-state index contributed by atoms with van der Waals surface area (Å²) in [6.07, 6.45) is 0. The SMILES string of the molecule is CC(=O)O.NC(CO)(CO)CO.NC(CO)(CO)CO.NC(CO)(CO)CO. The second-order valence-electron chi connectivity index (χ2n) is 6.03. The summed E-state index contributed by atoms with van der Waals surface area (Å²) in [4.78, 5) is 9.00. The van der Waals surface area contributed by atoms with Crippen molar-refractivity contribution in [3.63, 3.8) is 0 Å². The van der Waals surface area contributed by atoms with Crippen molar-refractivity contribution in [1.29, 1.82) is 0 Å². The average Bonchev–Trinajstić information content (AvgIpc) is 2.72. The molecular formula is C14H37N3O11. The lowest BCUT2D eigenvalue weighted by molar-refractivity contribution is -0.134. The van der Waals surface area contributed by atoms with Crippen LogP contribution in [0.2, 0.25) is 0 Å². The fourth-order valence-corrected chi connectivity index (χ4v) is 0.450. The summed E-state index contributed by atoms with van der Waals surface area (Å²) in [7, 11) is 0. The van der Waals surface area contributed by atoms with Gasteiger partial charge in [0.05, 0.1) is 76.1 Å². The Morgan fingerprint density at radius 3 is 0.607 bits per heavy atom. The van der Waals surface area contributed by atoms with Crippen molar-refractivity contribution >= 4 is 5.97 Å². The van der Waals surface area contributed by atoms with E-state index in [2.05, 4.69) is 0 Å². The molecule has 0 amide bonds. The Labute approximate surface area is 163 Å². The standard InChI is InChI=1S/3C4H11NO3.C2H4O2/c3*5-4(1-6,2-7)3-8;1-2(3)4/h3*6-8H,1-3,5H2;1H3,(H,3,4). The normalized spacial score (nSPS) is 11.2. The Morgan fingerprint density at radius 2 is 0.607 bits per heavy atom. The van der Waals surface area contributed by atoms with Crippen LogP contribution in [0.4, 0.5) is 0 Å². The van der Waals surface area contributed by atoms with Crippen molar-refractivity contribution in [2.24, 2.45) is 17.2 Å². The Hall–Kier alpha value is -1.01. The monoisotopic (exact) mass is 423 g/mol. The summed E-state index contributed by atoms with van der Waals surface area (Å²) in [5.41, 5.74) is 11.8. The van der Waals surface area contributed by atoms with Gasteiger partial charge in [-0.3, -0.25) is 4.79 Å². The van der Waals surface area contributed by atoms with Crippen LogP contribution in [0.15, 0.2) is 0 Å². The zero-order valence-corrected chi connectivity index (χ0v) is 16.0. The summed E-state index contributed by atoms with van der Waals surface area (Å²) in [6.45, 7) is -2.54. The maximum absolute atomic E-state index is 9.00. The van der Waals surface area contributed by atoms with Gasteiger partial charge in [-0.15, -0.1) is 0 Å². The quantitative estimate of drug-likeness (QED) is 0.164. The third kappa shape index (κ3) is 21.3. The summed E-state index contributed by atoms with van der Waals surface area (Å²) in [5, 5.41) is 82.5. The van der Waals surface area contributed by atoms with Crippen LogP contribution in [0, 0.1) is 0 Å². The molecule has 0 fully saturated rings. The number of aliphatic hydroxyl groups is 9. The molecule has 0 radical (unpaired) electrons. The zero-order valence-electron chi connectivity index (χ0n) is 16.0. The lowest BCUT2D eigenvalue weighted by Gasteiger charge is -2.20. The number of carboxylic acids is 1. The number of hydrogen-bond donors (Lipinski definition) is 13. The Morgan fingerprint density at radius 1 is 0.536 bits per heavy atom.